The summed E-state index contributed by atoms with van der Waals surface area (Å²) in [5.41, 5.74) is 1.07. The molecule has 0 amide bonds. The molecule has 1 aromatic heterocycles. The number of nitrogens with zero attached hydrogens (tertiary/aromatic N) is 2. The second-order valence-electron chi connectivity index (χ2n) is 7.10. The van der Waals surface area contributed by atoms with E-state index in [4.69, 9.17) is 4.74 Å². The lowest BCUT2D eigenvalue weighted by molar-refractivity contribution is 0.0916. The summed E-state index contributed by atoms with van der Waals surface area (Å²) in [6.45, 7) is 4.82. The number of aromatic nitrogens is 1. The summed E-state index contributed by atoms with van der Waals surface area (Å²) >= 11 is 0. The van der Waals surface area contributed by atoms with Crippen molar-refractivity contribution in [3.05, 3.63) is 92.8 Å². The van der Waals surface area contributed by atoms with E-state index in [0.29, 0.717) is 5.75 Å². The lowest BCUT2D eigenvalue weighted by Crippen LogP contribution is -2.30. The summed E-state index contributed by atoms with van der Waals surface area (Å²) in [5, 5.41) is 20.4. The zero-order chi connectivity index (χ0) is 21.8. The number of rotatable bonds is 6. The quantitative estimate of drug-likeness (QED) is 0.631. The molecule has 3 aromatic rings. The number of ketones is 1. The summed E-state index contributed by atoms with van der Waals surface area (Å²) in [7, 11) is 0. The highest BCUT2D eigenvalue weighted by Gasteiger charge is 2.26. The highest BCUT2D eigenvalue weighted by Crippen LogP contribution is 2.28. The second-order valence-corrected chi connectivity index (χ2v) is 7.10. The van der Waals surface area contributed by atoms with Gasteiger partial charge in [0, 0.05) is 0 Å². The Balaban J connectivity index is 2.03. The second kappa shape index (κ2) is 8.66. The Morgan fingerprint density at radius 2 is 1.77 bits per heavy atom. The number of aromatic hydroxyl groups is 1. The van der Waals surface area contributed by atoms with Gasteiger partial charge in [0.25, 0.3) is 5.56 Å². The summed E-state index contributed by atoms with van der Waals surface area (Å²) in [4.78, 5) is 25.8. The molecule has 0 saturated heterocycles. The van der Waals surface area contributed by atoms with E-state index in [1.807, 2.05) is 55.5 Å². The number of carbonyl (C=O) groups is 1. The van der Waals surface area contributed by atoms with E-state index in [1.165, 1.54) is 6.92 Å². The van der Waals surface area contributed by atoms with E-state index in [2.05, 4.69) is 0 Å². The van der Waals surface area contributed by atoms with Gasteiger partial charge in [-0.25, -0.2) is 0 Å². The summed E-state index contributed by atoms with van der Waals surface area (Å²) in [6, 6.07) is 17.6. The van der Waals surface area contributed by atoms with Crippen LogP contribution in [0.2, 0.25) is 0 Å². The Kier molecular flexibility index (Phi) is 6.03. The summed E-state index contributed by atoms with van der Waals surface area (Å²) in [6.07, 6.45) is 0. The maximum Gasteiger partial charge on any atom is 0.272 e. The number of pyridine rings is 1. The predicted molar refractivity (Wildman–Crippen MR) is 113 cm³/mol. The molecule has 0 aliphatic carbocycles. The van der Waals surface area contributed by atoms with E-state index in [9.17, 15) is 20.0 Å². The Morgan fingerprint density at radius 1 is 1.13 bits per heavy atom. The minimum absolute atomic E-state index is 0.0824. The van der Waals surface area contributed by atoms with Gasteiger partial charge in [0.05, 0.1) is 11.6 Å². The van der Waals surface area contributed by atoms with Gasteiger partial charge in [-0.2, -0.15) is 5.26 Å². The van der Waals surface area contributed by atoms with Crippen molar-refractivity contribution >= 4 is 5.78 Å². The number of aryl methyl sites for hydroxylation is 1. The van der Waals surface area contributed by atoms with Crippen molar-refractivity contribution in [3.63, 3.8) is 0 Å². The normalized spacial score (nSPS) is 11.5. The van der Waals surface area contributed by atoms with Gasteiger partial charge in [0.2, 0.25) is 11.7 Å². The molecule has 0 radical (unpaired) electrons. The average molecular weight is 402 g/mol. The SMILES string of the molecule is Cc1ccc(OCC(=O)c2c(C)c(C#N)c(=O)n(C(C)c3ccccc3)c2O)cc1. The Bertz CT molecular complexity index is 1170. The van der Waals surface area contributed by atoms with E-state index >= 15 is 0 Å². The van der Waals surface area contributed by atoms with Crippen LogP contribution < -0.4 is 10.3 Å². The first-order chi connectivity index (χ1) is 14.3. The van der Waals surface area contributed by atoms with Crippen LogP contribution in [0.3, 0.4) is 0 Å². The highest BCUT2D eigenvalue weighted by atomic mass is 16.5. The molecule has 0 fully saturated rings. The average Bonchev–Trinajstić information content (AvgIpc) is 2.74. The molecule has 6 heteroatoms. The molecule has 1 atom stereocenters. The maximum absolute atomic E-state index is 12.9. The fourth-order valence-electron chi connectivity index (χ4n) is 3.35. The van der Waals surface area contributed by atoms with E-state index in [1.54, 1.807) is 19.1 Å². The molecular weight excluding hydrogens is 380 g/mol. The monoisotopic (exact) mass is 402 g/mol. The molecule has 30 heavy (non-hydrogen) atoms. The van der Waals surface area contributed by atoms with Crippen molar-refractivity contribution in [1.29, 1.82) is 5.26 Å². The van der Waals surface area contributed by atoms with Crippen LogP contribution in [0.4, 0.5) is 0 Å². The number of Topliss-reactive ketones (excluding diaryl/α,β-unsaturated/α-hetero) is 1. The Labute approximate surface area is 174 Å². The van der Waals surface area contributed by atoms with Crippen LogP contribution in [-0.4, -0.2) is 22.1 Å². The lowest BCUT2D eigenvalue weighted by Gasteiger charge is -2.21. The van der Waals surface area contributed by atoms with Crippen LogP contribution >= 0.6 is 0 Å². The molecule has 0 aliphatic heterocycles. The van der Waals surface area contributed by atoms with Crippen LogP contribution in [0.1, 0.15) is 45.6 Å². The molecule has 1 N–H and O–H groups in total. The van der Waals surface area contributed by atoms with Crippen molar-refractivity contribution in [2.75, 3.05) is 6.61 Å². The number of hydrogen-bond acceptors (Lipinski definition) is 5. The van der Waals surface area contributed by atoms with Gasteiger partial charge >= 0.3 is 0 Å². The Morgan fingerprint density at radius 3 is 2.37 bits per heavy atom. The molecule has 0 spiro atoms. The van der Waals surface area contributed by atoms with Crippen molar-refractivity contribution in [2.45, 2.75) is 26.8 Å². The maximum atomic E-state index is 12.9. The van der Waals surface area contributed by atoms with Crippen LogP contribution in [0.25, 0.3) is 0 Å². The molecule has 2 aromatic carbocycles. The first-order valence-corrected chi connectivity index (χ1v) is 9.51. The largest absolute Gasteiger partial charge is 0.494 e. The fourth-order valence-corrected chi connectivity index (χ4v) is 3.35. The molecule has 0 saturated carbocycles. The number of nitriles is 1. The molecule has 1 heterocycles. The molecular formula is C24H22N2O4. The van der Waals surface area contributed by atoms with Crippen molar-refractivity contribution in [1.82, 2.24) is 4.57 Å². The molecule has 3 rings (SSSR count). The minimum atomic E-state index is -0.639. The van der Waals surface area contributed by atoms with Crippen molar-refractivity contribution in [3.8, 4) is 17.7 Å². The molecule has 0 bridgehead atoms. The highest BCUT2D eigenvalue weighted by molar-refractivity contribution is 6.01. The summed E-state index contributed by atoms with van der Waals surface area (Å²) in [5.74, 6) is -0.473. The van der Waals surface area contributed by atoms with Crippen molar-refractivity contribution < 1.29 is 14.6 Å². The third kappa shape index (κ3) is 3.96. The summed E-state index contributed by atoms with van der Waals surface area (Å²) < 4.78 is 6.63. The Hall–Kier alpha value is -3.85. The predicted octanol–water partition coefficient (Wildman–Crippen LogP) is 3.91. The third-order valence-corrected chi connectivity index (χ3v) is 5.09. The minimum Gasteiger partial charge on any atom is -0.494 e. The zero-order valence-corrected chi connectivity index (χ0v) is 17.0. The molecule has 1 unspecified atom stereocenters. The third-order valence-electron chi connectivity index (χ3n) is 5.09. The van der Waals surface area contributed by atoms with Gasteiger partial charge in [0.1, 0.15) is 17.4 Å². The van der Waals surface area contributed by atoms with Gasteiger partial charge in [-0.05, 0) is 44.0 Å². The zero-order valence-electron chi connectivity index (χ0n) is 17.0. The lowest BCUT2D eigenvalue weighted by atomic mass is 10.00. The van der Waals surface area contributed by atoms with Crippen LogP contribution in [-0.2, 0) is 0 Å². The standard InChI is InChI=1S/C24H22N2O4/c1-15-9-11-19(12-10-15)30-14-21(27)22-16(2)20(13-25)23(28)26(24(22)29)17(3)18-7-5-4-6-8-18/h4-12,17,29H,14H2,1-3H3. The fraction of sp³-hybridized carbons (Fsp3) is 0.208. The molecule has 0 aliphatic rings. The number of carbonyl (C=O) groups excluding carboxylic acids is 1. The van der Waals surface area contributed by atoms with Crippen LogP contribution in [0.5, 0.6) is 11.6 Å². The number of ether oxygens (including phenoxy) is 1. The van der Waals surface area contributed by atoms with Gasteiger partial charge < -0.3 is 9.84 Å². The van der Waals surface area contributed by atoms with Gasteiger partial charge in [0.15, 0.2) is 6.61 Å². The van der Waals surface area contributed by atoms with Gasteiger partial charge in [-0.3, -0.25) is 14.2 Å². The smallest absolute Gasteiger partial charge is 0.272 e. The molecule has 152 valence electrons. The number of hydrogen-bond donors (Lipinski definition) is 1. The van der Waals surface area contributed by atoms with E-state index in [0.717, 1.165) is 15.7 Å². The van der Waals surface area contributed by atoms with E-state index in [-0.39, 0.29) is 23.3 Å². The van der Waals surface area contributed by atoms with Crippen molar-refractivity contribution in [2.24, 2.45) is 0 Å². The van der Waals surface area contributed by atoms with Gasteiger partial charge in [-0.1, -0.05) is 48.0 Å². The van der Waals surface area contributed by atoms with Crippen LogP contribution in [0, 0.1) is 25.2 Å². The van der Waals surface area contributed by atoms with Gasteiger partial charge in [-0.15, -0.1) is 0 Å². The molecule has 6 nitrogen and oxygen atoms in total. The first-order valence-electron chi connectivity index (χ1n) is 9.51. The first kappa shape index (κ1) is 20.9. The topological polar surface area (TPSA) is 92.3 Å². The van der Waals surface area contributed by atoms with E-state index < -0.39 is 23.3 Å². The number of benzene rings is 2. The van der Waals surface area contributed by atoms with Crippen LogP contribution in [0.15, 0.2) is 59.4 Å².